The van der Waals surface area contributed by atoms with Gasteiger partial charge in [0.15, 0.2) is 0 Å². The van der Waals surface area contributed by atoms with E-state index in [1.165, 1.54) is 10.7 Å². The number of hydrogen-bond donors (Lipinski definition) is 1. The first kappa shape index (κ1) is 20.5. The first-order valence-electron chi connectivity index (χ1n) is 8.37. The third-order valence-electron chi connectivity index (χ3n) is 3.99. The lowest BCUT2D eigenvalue weighted by Gasteiger charge is -2.09. The smallest absolute Gasteiger partial charge is 0.266 e. The van der Waals surface area contributed by atoms with Crippen molar-refractivity contribution in [1.29, 1.82) is 0 Å². The molecule has 3 aromatic rings. The van der Waals surface area contributed by atoms with E-state index in [2.05, 4.69) is 32.4 Å². The zero-order valence-corrected chi connectivity index (χ0v) is 18.0. The molecule has 0 spiro atoms. The highest BCUT2D eigenvalue weighted by Crippen LogP contribution is 2.19. The standard InChI is InChI=1S/C19H18IN3O4S/c1-27-16-6-2-14(3-7-16)18-10-11-19(24)23(22-18)13-12-21-28(25,26)17-8-4-15(20)5-9-17/h2-11,21H,12-13H2,1H3. The van der Waals surface area contributed by atoms with Gasteiger partial charge in [-0.3, -0.25) is 4.79 Å². The normalized spacial score (nSPS) is 11.4. The lowest BCUT2D eigenvalue weighted by molar-refractivity contribution is 0.415. The Balaban J connectivity index is 1.72. The number of hydrogen-bond acceptors (Lipinski definition) is 5. The molecule has 1 N–H and O–H groups in total. The molecule has 146 valence electrons. The summed E-state index contributed by atoms with van der Waals surface area (Å²) in [5, 5.41) is 4.33. The molecule has 0 saturated carbocycles. The molecule has 0 radical (unpaired) electrons. The molecule has 0 aliphatic heterocycles. The van der Waals surface area contributed by atoms with E-state index < -0.39 is 10.0 Å². The second-order valence-electron chi connectivity index (χ2n) is 5.86. The van der Waals surface area contributed by atoms with Crippen LogP contribution in [0.4, 0.5) is 0 Å². The molecule has 0 saturated heterocycles. The fourth-order valence-corrected chi connectivity index (χ4v) is 3.89. The van der Waals surface area contributed by atoms with Crippen LogP contribution in [0.15, 0.2) is 70.4 Å². The average Bonchev–Trinajstić information content (AvgIpc) is 2.70. The first-order chi connectivity index (χ1) is 13.4. The van der Waals surface area contributed by atoms with Crippen LogP contribution in [0.3, 0.4) is 0 Å². The maximum atomic E-state index is 12.3. The lowest BCUT2D eigenvalue weighted by atomic mass is 10.1. The molecule has 0 aliphatic carbocycles. The predicted molar refractivity (Wildman–Crippen MR) is 115 cm³/mol. The summed E-state index contributed by atoms with van der Waals surface area (Å²) >= 11 is 2.11. The summed E-state index contributed by atoms with van der Waals surface area (Å²) in [5.74, 6) is 0.724. The van der Waals surface area contributed by atoms with Crippen LogP contribution in [0, 0.1) is 3.57 Å². The first-order valence-corrected chi connectivity index (χ1v) is 10.9. The summed E-state index contributed by atoms with van der Waals surface area (Å²) in [6.45, 7) is 0.166. The minimum Gasteiger partial charge on any atom is -0.497 e. The molecule has 0 amide bonds. The van der Waals surface area contributed by atoms with Gasteiger partial charge in [0.2, 0.25) is 10.0 Å². The maximum absolute atomic E-state index is 12.3. The van der Waals surface area contributed by atoms with Gasteiger partial charge < -0.3 is 4.74 Å². The van der Waals surface area contributed by atoms with Crippen molar-refractivity contribution in [1.82, 2.24) is 14.5 Å². The Hall–Kier alpha value is -2.24. The molecule has 0 bridgehead atoms. The highest BCUT2D eigenvalue weighted by Gasteiger charge is 2.13. The van der Waals surface area contributed by atoms with Crippen LogP contribution in [-0.2, 0) is 16.6 Å². The highest BCUT2D eigenvalue weighted by atomic mass is 127. The van der Waals surface area contributed by atoms with Crippen molar-refractivity contribution in [3.05, 3.63) is 74.6 Å². The zero-order chi connectivity index (χ0) is 20.1. The van der Waals surface area contributed by atoms with Crippen LogP contribution in [0.5, 0.6) is 5.75 Å². The van der Waals surface area contributed by atoms with E-state index in [9.17, 15) is 13.2 Å². The molecular weight excluding hydrogens is 493 g/mol. The Labute approximate surface area is 176 Å². The van der Waals surface area contributed by atoms with Gasteiger partial charge in [-0.05, 0) is 77.2 Å². The van der Waals surface area contributed by atoms with Gasteiger partial charge in [0.25, 0.3) is 5.56 Å². The summed E-state index contributed by atoms with van der Waals surface area (Å²) in [6.07, 6.45) is 0. The van der Waals surface area contributed by atoms with E-state index in [0.29, 0.717) is 5.69 Å². The van der Waals surface area contributed by atoms with Crippen LogP contribution >= 0.6 is 22.6 Å². The van der Waals surface area contributed by atoms with E-state index in [-0.39, 0.29) is 23.5 Å². The minimum absolute atomic E-state index is 0.0489. The highest BCUT2D eigenvalue weighted by molar-refractivity contribution is 14.1. The minimum atomic E-state index is -3.64. The number of aromatic nitrogens is 2. The van der Waals surface area contributed by atoms with Crippen LogP contribution < -0.4 is 15.0 Å². The van der Waals surface area contributed by atoms with Crippen molar-refractivity contribution in [3.63, 3.8) is 0 Å². The van der Waals surface area contributed by atoms with Gasteiger partial charge in [-0.2, -0.15) is 5.10 Å². The summed E-state index contributed by atoms with van der Waals surface area (Å²) in [4.78, 5) is 12.2. The van der Waals surface area contributed by atoms with Gasteiger partial charge >= 0.3 is 0 Å². The molecule has 28 heavy (non-hydrogen) atoms. The van der Waals surface area contributed by atoms with Gasteiger partial charge in [0.1, 0.15) is 5.75 Å². The maximum Gasteiger partial charge on any atom is 0.266 e. The molecule has 1 aromatic heterocycles. The van der Waals surface area contributed by atoms with Crippen molar-refractivity contribution >= 4 is 32.6 Å². The van der Waals surface area contributed by atoms with Crippen molar-refractivity contribution in [2.75, 3.05) is 13.7 Å². The van der Waals surface area contributed by atoms with Crippen molar-refractivity contribution in [2.24, 2.45) is 0 Å². The zero-order valence-electron chi connectivity index (χ0n) is 15.0. The molecule has 2 aromatic carbocycles. The number of benzene rings is 2. The van der Waals surface area contributed by atoms with Gasteiger partial charge in [0, 0.05) is 21.7 Å². The molecule has 0 unspecified atom stereocenters. The van der Waals surface area contributed by atoms with E-state index in [1.807, 2.05) is 24.3 Å². The van der Waals surface area contributed by atoms with Gasteiger partial charge in [-0.15, -0.1) is 0 Å². The summed E-state index contributed by atoms with van der Waals surface area (Å²) in [7, 11) is -2.05. The summed E-state index contributed by atoms with van der Waals surface area (Å²) in [5.41, 5.74) is 1.14. The third kappa shape index (κ3) is 4.97. The summed E-state index contributed by atoms with van der Waals surface area (Å²) < 4.78 is 34.5. The number of nitrogens with zero attached hydrogens (tertiary/aromatic N) is 2. The predicted octanol–water partition coefficient (Wildman–Crippen LogP) is 2.50. The van der Waals surface area contributed by atoms with E-state index in [1.54, 1.807) is 37.4 Å². The topological polar surface area (TPSA) is 90.3 Å². The molecule has 9 heteroatoms. The average molecular weight is 511 g/mol. The van der Waals surface area contributed by atoms with Crippen LogP contribution in [0.25, 0.3) is 11.3 Å². The van der Waals surface area contributed by atoms with E-state index >= 15 is 0 Å². The van der Waals surface area contributed by atoms with Gasteiger partial charge in [0.05, 0.1) is 24.2 Å². The third-order valence-corrected chi connectivity index (χ3v) is 6.19. The Morgan fingerprint density at radius 3 is 2.36 bits per heavy atom. The molecule has 7 nitrogen and oxygen atoms in total. The molecule has 3 rings (SSSR count). The van der Waals surface area contributed by atoms with Crippen LogP contribution in [0.1, 0.15) is 0 Å². The number of nitrogens with one attached hydrogen (secondary N) is 1. The molecule has 1 heterocycles. The van der Waals surface area contributed by atoms with Crippen molar-refractivity contribution < 1.29 is 13.2 Å². The van der Waals surface area contributed by atoms with Gasteiger partial charge in [-0.1, -0.05) is 0 Å². The Kier molecular flexibility index (Phi) is 6.47. The number of sulfonamides is 1. The lowest BCUT2D eigenvalue weighted by Crippen LogP contribution is -2.32. The van der Waals surface area contributed by atoms with Crippen molar-refractivity contribution in [3.8, 4) is 17.0 Å². The Morgan fingerprint density at radius 1 is 1.04 bits per heavy atom. The molecule has 0 fully saturated rings. The van der Waals surface area contributed by atoms with E-state index in [0.717, 1.165) is 14.9 Å². The van der Waals surface area contributed by atoms with Crippen LogP contribution in [0.2, 0.25) is 0 Å². The quantitative estimate of drug-likeness (QED) is 0.493. The molecule has 0 atom stereocenters. The van der Waals surface area contributed by atoms with E-state index in [4.69, 9.17) is 4.74 Å². The monoisotopic (exact) mass is 511 g/mol. The van der Waals surface area contributed by atoms with Gasteiger partial charge in [-0.25, -0.2) is 17.8 Å². The Bertz CT molecular complexity index is 1110. The second kappa shape index (κ2) is 8.84. The SMILES string of the molecule is COc1ccc(-c2ccc(=O)n(CCNS(=O)(=O)c3ccc(I)cc3)n2)cc1. The molecular formula is C19H18IN3O4S. The number of methoxy groups -OCH3 is 1. The summed E-state index contributed by atoms with van der Waals surface area (Å²) in [6, 6.07) is 16.9. The number of ether oxygens (including phenoxy) is 1. The second-order valence-corrected chi connectivity index (χ2v) is 8.87. The van der Waals surface area contributed by atoms with Crippen molar-refractivity contribution in [2.45, 2.75) is 11.4 Å². The fourth-order valence-electron chi connectivity index (χ4n) is 2.51. The Morgan fingerprint density at radius 2 is 1.71 bits per heavy atom. The largest absolute Gasteiger partial charge is 0.497 e. The number of rotatable bonds is 7. The fraction of sp³-hybridized carbons (Fsp3) is 0.158. The molecule has 0 aliphatic rings. The number of halogens is 1. The van der Waals surface area contributed by atoms with Crippen LogP contribution in [-0.4, -0.2) is 31.9 Å².